The zero-order valence-corrected chi connectivity index (χ0v) is 12.8. The van der Waals surface area contributed by atoms with Gasteiger partial charge in [0.15, 0.2) is 0 Å². The van der Waals surface area contributed by atoms with E-state index >= 15 is 0 Å². The molecule has 0 saturated carbocycles. The van der Waals surface area contributed by atoms with Crippen molar-refractivity contribution in [1.82, 2.24) is 4.72 Å². The quantitative estimate of drug-likeness (QED) is 0.901. The first-order valence-corrected chi connectivity index (χ1v) is 8.24. The van der Waals surface area contributed by atoms with Gasteiger partial charge in [-0.25, -0.2) is 13.1 Å². The number of rotatable bonds is 2. The Labute approximate surface area is 119 Å². The molecule has 2 heterocycles. The van der Waals surface area contributed by atoms with Crippen LogP contribution in [0.2, 0.25) is 0 Å². The minimum atomic E-state index is -3.62. The van der Waals surface area contributed by atoms with Gasteiger partial charge in [-0.05, 0) is 26.8 Å². The smallest absolute Gasteiger partial charge is 0.245 e. The molecule has 1 aromatic carbocycles. The second-order valence-corrected chi connectivity index (χ2v) is 7.84. The molecule has 0 radical (unpaired) electrons. The van der Waals surface area contributed by atoms with Gasteiger partial charge in [-0.15, -0.1) is 0 Å². The van der Waals surface area contributed by atoms with Crippen molar-refractivity contribution in [3.8, 4) is 11.5 Å². The fraction of sp³-hybridized carbons (Fsp3) is 0.571. The van der Waals surface area contributed by atoms with Crippen molar-refractivity contribution >= 4 is 10.0 Å². The Kier molecular flexibility index (Phi) is 2.99. The largest absolute Gasteiger partial charge is 0.493 e. The summed E-state index contributed by atoms with van der Waals surface area (Å²) in [5.41, 5.74) is 1.12. The van der Waals surface area contributed by atoms with Crippen molar-refractivity contribution in [1.29, 1.82) is 0 Å². The molecule has 0 aromatic heterocycles. The number of ether oxygens (including phenoxy) is 2. The molecular weight excluding hydrogens is 278 g/mol. The molecule has 0 bridgehead atoms. The predicted molar refractivity (Wildman–Crippen MR) is 74.9 cm³/mol. The van der Waals surface area contributed by atoms with Crippen LogP contribution in [-0.2, 0) is 22.9 Å². The maximum absolute atomic E-state index is 12.7. The van der Waals surface area contributed by atoms with Crippen LogP contribution in [-0.4, -0.2) is 27.2 Å². The number of hydrogen-bond donors (Lipinski definition) is 1. The molecule has 0 aliphatic carbocycles. The number of sulfonamides is 1. The van der Waals surface area contributed by atoms with Crippen LogP contribution in [0.25, 0.3) is 0 Å². The van der Waals surface area contributed by atoms with Crippen LogP contribution in [0, 0.1) is 0 Å². The van der Waals surface area contributed by atoms with Crippen LogP contribution in [0.4, 0.5) is 0 Å². The van der Waals surface area contributed by atoms with Crippen LogP contribution in [0.1, 0.15) is 31.9 Å². The van der Waals surface area contributed by atoms with E-state index in [1.54, 1.807) is 0 Å². The van der Waals surface area contributed by atoms with Crippen LogP contribution < -0.4 is 14.2 Å². The van der Waals surface area contributed by atoms with Crippen molar-refractivity contribution < 1.29 is 17.9 Å². The summed E-state index contributed by atoms with van der Waals surface area (Å²) in [6.45, 7) is 6.52. The Morgan fingerprint density at radius 2 is 1.85 bits per heavy atom. The molecule has 6 heteroatoms. The molecule has 3 rings (SSSR count). The molecule has 20 heavy (non-hydrogen) atoms. The van der Waals surface area contributed by atoms with Crippen LogP contribution >= 0.6 is 0 Å². The summed E-state index contributed by atoms with van der Waals surface area (Å²) in [4.78, 5) is 0.273. The molecule has 0 atom stereocenters. The highest BCUT2D eigenvalue weighted by Crippen LogP contribution is 2.43. The van der Waals surface area contributed by atoms with E-state index in [-0.39, 0.29) is 4.90 Å². The normalized spacial score (nSPS) is 17.4. The maximum Gasteiger partial charge on any atom is 0.245 e. The number of fused-ring (bicyclic) bond motifs is 2. The van der Waals surface area contributed by atoms with Gasteiger partial charge in [0.2, 0.25) is 10.0 Å². The van der Waals surface area contributed by atoms with Gasteiger partial charge >= 0.3 is 0 Å². The molecule has 5 nitrogen and oxygen atoms in total. The average Bonchev–Trinajstić information content (AvgIpc) is 2.87. The molecule has 0 unspecified atom stereocenters. The first-order valence-electron chi connectivity index (χ1n) is 6.76. The average molecular weight is 297 g/mol. The van der Waals surface area contributed by atoms with E-state index in [0.29, 0.717) is 31.1 Å². The van der Waals surface area contributed by atoms with Crippen molar-refractivity contribution in [3.63, 3.8) is 0 Å². The zero-order valence-electron chi connectivity index (χ0n) is 11.9. The van der Waals surface area contributed by atoms with E-state index in [2.05, 4.69) is 4.72 Å². The molecule has 0 fully saturated rings. The minimum Gasteiger partial charge on any atom is -0.493 e. The Balaban J connectivity index is 2.19. The van der Waals surface area contributed by atoms with E-state index < -0.39 is 15.6 Å². The predicted octanol–water partition coefficient (Wildman–Crippen LogP) is 1.63. The molecule has 2 aliphatic rings. The fourth-order valence-electron chi connectivity index (χ4n) is 2.68. The Bertz CT molecular complexity index is 626. The number of hydrogen-bond acceptors (Lipinski definition) is 4. The third kappa shape index (κ3) is 2.27. The van der Waals surface area contributed by atoms with Crippen molar-refractivity contribution in [2.75, 3.05) is 13.2 Å². The lowest BCUT2D eigenvalue weighted by Crippen LogP contribution is -2.40. The zero-order chi connectivity index (χ0) is 14.5. The summed E-state index contributed by atoms with van der Waals surface area (Å²) in [5.74, 6) is 1.19. The molecule has 0 amide bonds. The van der Waals surface area contributed by atoms with Crippen LogP contribution in [0.3, 0.4) is 0 Å². The molecule has 0 spiro atoms. The summed E-state index contributed by atoms with van der Waals surface area (Å²) in [6, 6.07) is 1.92. The van der Waals surface area contributed by atoms with Gasteiger partial charge in [0, 0.05) is 29.5 Å². The molecular formula is C14H19NO4S. The van der Waals surface area contributed by atoms with Gasteiger partial charge < -0.3 is 9.47 Å². The van der Waals surface area contributed by atoms with Gasteiger partial charge in [-0.2, -0.15) is 0 Å². The molecule has 1 N–H and O–H groups in total. The van der Waals surface area contributed by atoms with Crippen molar-refractivity contribution in [3.05, 3.63) is 17.2 Å². The second-order valence-electron chi connectivity index (χ2n) is 6.22. The van der Waals surface area contributed by atoms with Gasteiger partial charge in [-0.1, -0.05) is 0 Å². The maximum atomic E-state index is 12.7. The first kappa shape index (κ1) is 13.7. The number of benzene rings is 1. The Morgan fingerprint density at radius 3 is 2.55 bits per heavy atom. The molecule has 1 aromatic rings. The molecule has 2 aliphatic heterocycles. The molecule has 110 valence electrons. The van der Waals surface area contributed by atoms with Crippen molar-refractivity contribution in [2.45, 2.75) is 44.0 Å². The monoisotopic (exact) mass is 297 g/mol. The summed E-state index contributed by atoms with van der Waals surface area (Å²) in [6.07, 6.45) is 1.33. The fourth-order valence-corrected chi connectivity index (χ4v) is 4.55. The lowest BCUT2D eigenvalue weighted by molar-refractivity contribution is 0.347. The lowest BCUT2D eigenvalue weighted by atomic mass is 10.1. The highest BCUT2D eigenvalue weighted by atomic mass is 32.2. The third-order valence-electron chi connectivity index (χ3n) is 3.31. The Morgan fingerprint density at radius 1 is 1.15 bits per heavy atom. The topological polar surface area (TPSA) is 64.6 Å². The summed E-state index contributed by atoms with van der Waals surface area (Å²) in [7, 11) is -3.62. The van der Waals surface area contributed by atoms with Crippen LogP contribution in [0.5, 0.6) is 11.5 Å². The van der Waals surface area contributed by atoms with E-state index in [4.69, 9.17) is 9.47 Å². The molecule has 0 saturated heterocycles. The van der Waals surface area contributed by atoms with Gasteiger partial charge in [0.05, 0.1) is 13.2 Å². The Hall–Kier alpha value is -1.27. The summed E-state index contributed by atoms with van der Waals surface area (Å²) in [5, 5.41) is 0. The van der Waals surface area contributed by atoms with Gasteiger partial charge in [0.1, 0.15) is 16.4 Å². The van der Waals surface area contributed by atoms with E-state index in [1.165, 1.54) is 0 Å². The standard InChI is InChI=1S/C14H19NO4S/c1-14(2,3)15-20(16,17)13-10-5-7-18-11(10)8-9-4-6-19-12(9)13/h8,15H,4-7H2,1-3H3. The van der Waals surface area contributed by atoms with Gasteiger partial charge in [-0.3, -0.25) is 0 Å². The van der Waals surface area contributed by atoms with Crippen LogP contribution in [0.15, 0.2) is 11.0 Å². The van der Waals surface area contributed by atoms with Gasteiger partial charge in [0.25, 0.3) is 0 Å². The van der Waals surface area contributed by atoms with E-state index in [0.717, 1.165) is 17.5 Å². The van der Waals surface area contributed by atoms with Crippen molar-refractivity contribution in [2.24, 2.45) is 0 Å². The van der Waals surface area contributed by atoms with E-state index in [1.807, 2.05) is 26.8 Å². The summed E-state index contributed by atoms with van der Waals surface area (Å²) >= 11 is 0. The minimum absolute atomic E-state index is 0.273. The highest BCUT2D eigenvalue weighted by Gasteiger charge is 2.35. The highest BCUT2D eigenvalue weighted by molar-refractivity contribution is 7.89. The first-order chi connectivity index (χ1) is 9.28. The third-order valence-corrected chi connectivity index (χ3v) is 5.16. The summed E-state index contributed by atoms with van der Waals surface area (Å²) < 4.78 is 39.3. The lowest BCUT2D eigenvalue weighted by Gasteiger charge is -2.22. The number of nitrogens with one attached hydrogen (secondary N) is 1. The van der Waals surface area contributed by atoms with E-state index in [9.17, 15) is 8.42 Å². The SMILES string of the molecule is CC(C)(C)NS(=O)(=O)c1c2c(cc3c1OCC3)OCC2. The second kappa shape index (κ2) is 4.36.